The van der Waals surface area contributed by atoms with Crippen molar-refractivity contribution in [3.63, 3.8) is 0 Å². The Morgan fingerprint density at radius 1 is 1.23 bits per heavy atom. The molecule has 3 saturated heterocycles. The van der Waals surface area contributed by atoms with Crippen LogP contribution < -0.4 is 10.6 Å². The van der Waals surface area contributed by atoms with Gasteiger partial charge in [-0.05, 0) is 44.4 Å². The highest BCUT2D eigenvalue weighted by molar-refractivity contribution is 7.86. The highest BCUT2D eigenvalue weighted by Gasteiger charge is 2.49. The van der Waals surface area contributed by atoms with Crippen LogP contribution in [0.1, 0.15) is 74.5 Å². The number of hydrogen-bond acceptors (Lipinski definition) is 6. The lowest BCUT2D eigenvalue weighted by molar-refractivity contribution is 0.0897. The molecule has 2 N–H and O–H groups in total. The molecule has 1 aromatic rings. The van der Waals surface area contributed by atoms with Crippen LogP contribution in [0.5, 0.6) is 0 Å². The molecule has 4 atom stereocenters. The average molecular weight is 452 g/mol. The molecule has 9 nitrogen and oxygen atoms in total. The number of carbonyl (C=O) groups is 1. The fourth-order valence-corrected chi connectivity index (χ4v) is 7.46. The predicted octanol–water partition coefficient (Wildman–Crippen LogP) is 1.45. The summed E-state index contributed by atoms with van der Waals surface area (Å²) in [6.07, 6.45) is 5.19. The second-order valence-corrected chi connectivity index (χ2v) is 11.7. The van der Waals surface area contributed by atoms with E-state index in [4.69, 9.17) is 4.52 Å². The molecule has 4 fully saturated rings. The van der Waals surface area contributed by atoms with Crippen LogP contribution in [0, 0.1) is 5.92 Å². The van der Waals surface area contributed by atoms with Crippen molar-refractivity contribution >= 4 is 16.1 Å². The van der Waals surface area contributed by atoms with Crippen LogP contribution in [0.3, 0.4) is 0 Å². The van der Waals surface area contributed by atoms with Crippen molar-refractivity contribution in [3.8, 4) is 0 Å². The Bertz CT molecular complexity index is 914. The molecule has 0 spiro atoms. The zero-order chi connectivity index (χ0) is 21.8. The van der Waals surface area contributed by atoms with Gasteiger partial charge in [-0.1, -0.05) is 19.0 Å². The van der Waals surface area contributed by atoms with Gasteiger partial charge in [-0.3, -0.25) is 4.79 Å². The molecule has 2 unspecified atom stereocenters. The van der Waals surface area contributed by atoms with Crippen LogP contribution in [0.15, 0.2) is 10.6 Å². The first-order valence-corrected chi connectivity index (χ1v) is 13.0. The van der Waals surface area contributed by atoms with E-state index in [1.54, 1.807) is 14.7 Å². The molecule has 4 heterocycles. The summed E-state index contributed by atoms with van der Waals surface area (Å²) in [6, 6.07) is 1.78. The first kappa shape index (κ1) is 21.4. The number of aromatic nitrogens is 1. The summed E-state index contributed by atoms with van der Waals surface area (Å²) in [6.45, 7) is 5.95. The van der Waals surface area contributed by atoms with Gasteiger partial charge in [-0.15, -0.1) is 0 Å². The number of nitrogens with zero attached hydrogens (tertiary/aromatic N) is 3. The lowest BCUT2D eigenvalue weighted by Gasteiger charge is -2.43. The Morgan fingerprint density at radius 3 is 2.58 bits per heavy atom. The second kappa shape index (κ2) is 8.13. The van der Waals surface area contributed by atoms with Crippen molar-refractivity contribution in [2.75, 3.05) is 19.6 Å². The molecule has 5 rings (SSSR count). The number of carbonyl (C=O) groups excluding carboxylic acids is 1. The summed E-state index contributed by atoms with van der Waals surface area (Å²) in [5.41, 5.74) is 0.324. The third-order valence-corrected chi connectivity index (χ3v) is 9.42. The normalized spacial score (nSPS) is 32.5. The van der Waals surface area contributed by atoms with E-state index in [9.17, 15) is 13.2 Å². The Labute approximate surface area is 184 Å². The second-order valence-electron chi connectivity index (χ2n) is 9.92. The van der Waals surface area contributed by atoms with Gasteiger partial charge in [0, 0.05) is 55.8 Å². The fraction of sp³-hybridized carbons (Fsp3) is 0.810. The van der Waals surface area contributed by atoms with E-state index in [1.165, 1.54) is 0 Å². The minimum absolute atomic E-state index is 0.0380. The summed E-state index contributed by atoms with van der Waals surface area (Å²) in [7, 11) is -3.50. The van der Waals surface area contributed by atoms with Crippen molar-refractivity contribution in [2.24, 2.45) is 5.92 Å². The first-order chi connectivity index (χ1) is 14.8. The quantitative estimate of drug-likeness (QED) is 0.678. The van der Waals surface area contributed by atoms with Gasteiger partial charge < -0.3 is 15.2 Å². The molecule has 1 saturated carbocycles. The van der Waals surface area contributed by atoms with Crippen LogP contribution in [-0.4, -0.2) is 71.9 Å². The van der Waals surface area contributed by atoms with Crippen molar-refractivity contribution < 1.29 is 17.7 Å². The predicted molar refractivity (Wildman–Crippen MR) is 115 cm³/mol. The minimum Gasteiger partial charge on any atom is -0.360 e. The van der Waals surface area contributed by atoms with E-state index in [0.29, 0.717) is 50.0 Å². The maximum Gasteiger partial charge on any atom is 0.282 e. The van der Waals surface area contributed by atoms with Crippen molar-refractivity contribution in [2.45, 2.75) is 82.5 Å². The minimum atomic E-state index is -3.50. The van der Waals surface area contributed by atoms with Gasteiger partial charge in [0.2, 0.25) is 0 Å². The summed E-state index contributed by atoms with van der Waals surface area (Å²) < 4.78 is 35.7. The molecule has 172 valence electrons. The largest absolute Gasteiger partial charge is 0.360 e. The summed E-state index contributed by atoms with van der Waals surface area (Å²) in [5.74, 6) is 1.37. The number of piperazine rings is 1. The first-order valence-electron chi connectivity index (χ1n) is 11.6. The Hall–Kier alpha value is -1.49. The van der Waals surface area contributed by atoms with Crippen molar-refractivity contribution in [1.82, 2.24) is 24.4 Å². The number of nitrogens with one attached hydrogen (secondary N) is 2. The Balaban J connectivity index is 1.23. The van der Waals surface area contributed by atoms with Crippen LogP contribution in [0.4, 0.5) is 0 Å². The van der Waals surface area contributed by atoms with Gasteiger partial charge in [-0.25, -0.2) is 0 Å². The van der Waals surface area contributed by atoms with Crippen molar-refractivity contribution in [3.05, 3.63) is 17.5 Å². The highest BCUT2D eigenvalue weighted by atomic mass is 32.2. The average Bonchev–Trinajstić information content (AvgIpc) is 3.40. The molecule has 0 radical (unpaired) electrons. The number of fused-ring (bicyclic) bond motifs is 2. The zero-order valence-corrected chi connectivity index (χ0v) is 19.1. The lowest BCUT2D eigenvalue weighted by atomic mass is 9.99. The van der Waals surface area contributed by atoms with Crippen molar-refractivity contribution in [1.29, 1.82) is 0 Å². The maximum absolute atomic E-state index is 13.5. The molecule has 10 heteroatoms. The van der Waals surface area contributed by atoms with Gasteiger partial charge in [0.1, 0.15) is 5.76 Å². The molecule has 1 aromatic heterocycles. The van der Waals surface area contributed by atoms with E-state index in [-0.39, 0.29) is 30.1 Å². The molecular weight excluding hydrogens is 418 g/mol. The Morgan fingerprint density at radius 2 is 1.94 bits per heavy atom. The molecule has 0 aromatic carbocycles. The lowest BCUT2D eigenvalue weighted by Crippen LogP contribution is -2.61. The molecule has 4 aliphatic rings. The summed E-state index contributed by atoms with van der Waals surface area (Å²) in [4.78, 5) is 12.6. The SMILES string of the molecule is CC(C)C1CN(S(=O)(=O)N2[C@@H]3CC[C@H]2CC(NC(=O)c2cc(C4CC4)on2)C3)CCN1. The van der Waals surface area contributed by atoms with Crippen LogP contribution in [-0.2, 0) is 10.2 Å². The number of amides is 1. The molecule has 2 bridgehead atoms. The standard InChI is InChI=1S/C21H33N5O4S/c1-13(2)19-12-25(8-7-22-19)31(28,29)26-16-5-6-17(26)10-15(9-16)23-21(27)18-11-20(30-24-18)14-3-4-14/h11,13-17,19,22H,3-10,12H2,1-2H3,(H,23,27)/t15?,16-,17+,19?. The van der Waals surface area contributed by atoms with E-state index >= 15 is 0 Å². The highest BCUT2D eigenvalue weighted by Crippen LogP contribution is 2.41. The Kier molecular flexibility index (Phi) is 5.60. The van der Waals surface area contributed by atoms with Gasteiger partial charge in [0.05, 0.1) is 0 Å². The molecule has 1 amide bonds. The molecule has 3 aliphatic heterocycles. The number of piperidine rings is 1. The molecular formula is C21H33N5O4S. The van der Waals surface area contributed by atoms with E-state index in [2.05, 4.69) is 29.6 Å². The van der Waals surface area contributed by atoms with Crippen LogP contribution in [0.2, 0.25) is 0 Å². The topological polar surface area (TPSA) is 108 Å². The maximum atomic E-state index is 13.5. The summed E-state index contributed by atoms with van der Waals surface area (Å²) in [5, 5.41) is 10.4. The van der Waals surface area contributed by atoms with E-state index in [1.807, 2.05) is 0 Å². The molecule has 31 heavy (non-hydrogen) atoms. The third-order valence-electron chi connectivity index (χ3n) is 7.31. The zero-order valence-electron chi connectivity index (χ0n) is 18.3. The van der Waals surface area contributed by atoms with E-state index < -0.39 is 10.2 Å². The smallest absolute Gasteiger partial charge is 0.282 e. The monoisotopic (exact) mass is 451 g/mol. The number of rotatable bonds is 6. The van der Waals surface area contributed by atoms with Crippen LogP contribution in [0.25, 0.3) is 0 Å². The van der Waals surface area contributed by atoms with Gasteiger partial charge in [0.25, 0.3) is 16.1 Å². The van der Waals surface area contributed by atoms with Gasteiger partial charge in [-0.2, -0.15) is 17.0 Å². The van der Waals surface area contributed by atoms with Gasteiger partial charge in [0.15, 0.2) is 5.69 Å². The molecule has 1 aliphatic carbocycles. The third kappa shape index (κ3) is 4.15. The van der Waals surface area contributed by atoms with Gasteiger partial charge >= 0.3 is 0 Å². The fourth-order valence-electron chi connectivity index (χ4n) is 5.38. The van der Waals surface area contributed by atoms with E-state index in [0.717, 1.165) is 31.4 Å². The van der Waals surface area contributed by atoms with Crippen LogP contribution >= 0.6 is 0 Å². The summed E-state index contributed by atoms with van der Waals surface area (Å²) >= 11 is 0. The number of hydrogen-bond donors (Lipinski definition) is 2.